The van der Waals surface area contributed by atoms with Crippen molar-refractivity contribution in [2.75, 3.05) is 6.61 Å². The summed E-state index contributed by atoms with van der Waals surface area (Å²) in [5.41, 5.74) is 6.50. The molecule has 4 heteroatoms. The number of benzene rings is 2. The first kappa shape index (κ1) is 19.6. The normalized spacial score (nSPS) is 15.5. The molecule has 3 aromatic rings. The molecule has 152 valence electrons. The van der Waals surface area contributed by atoms with Crippen LogP contribution in [0, 0.1) is 20.8 Å². The summed E-state index contributed by atoms with van der Waals surface area (Å²) in [5.74, 6) is 2.63. The second-order valence-electron chi connectivity index (χ2n) is 8.15. The van der Waals surface area contributed by atoms with Gasteiger partial charge in [-0.15, -0.1) is 0 Å². The van der Waals surface area contributed by atoms with Crippen LogP contribution in [0.5, 0.6) is 11.5 Å². The number of aromatic amines is 1. The number of aryl methyl sites for hydroxylation is 5. The van der Waals surface area contributed by atoms with E-state index in [0.29, 0.717) is 6.61 Å². The molecule has 4 rings (SSSR count). The van der Waals surface area contributed by atoms with E-state index in [-0.39, 0.29) is 6.10 Å². The van der Waals surface area contributed by atoms with Gasteiger partial charge in [0, 0.05) is 12.1 Å². The summed E-state index contributed by atoms with van der Waals surface area (Å²) in [6, 6.07) is 14.7. The van der Waals surface area contributed by atoms with Crippen LogP contribution in [0.1, 0.15) is 46.7 Å². The van der Waals surface area contributed by atoms with Crippen molar-refractivity contribution in [3.8, 4) is 11.5 Å². The molecule has 0 amide bonds. The van der Waals surface area contributed by atoms with E-state index in [1.165, 1.54) is 28.8 Å². The number of hydrogen-bond donors (Lipinski definition) is 1. The third kappa shape index (κ3) is 5.00. The first-order chi connectivity index (χ1) is 14.1. The molecule has 0 aliphatic carbocycles. The molecule has 4 nitrogen and oxygen atoms in total. The predicted octanol–water partition coefficient (Wildman–Crippen LogP) is 5.28. The molecule has 1 atom stereocenters. The maximum absolute atomic E-state index is 6.07. The van der Waals surface area contributed by atoms with Crippen LogP contribution in [0.4, 0.5) is 0 Å². The Kier molecular flexibility index (Phi) is 5.89. The SMILES string of the molecule is Cc1cc(C)cc(CCCCc2[nH]c(CC3COc4ccccc4O3)nc2C)c1. The highest BCUT2D eigenvalue weighted by Crippen LogP contribution is 2.31. The van der Waals surface area contributed by atoms with Gasteiger partial charge in [-0.25, -0.2) is 4.98 Å². The number of unbranched alkanes of at least 4 members (excludes halogenated alkanes) is 1. The van der Waals surface area contributed by atoms with Gasteiger partial charge in [-0.1, -0.05) is 41.5 Å². The lowest BCUT2D eigenvalue weighted by Crippen LogP contribution is -2.31. The summed E-state index contributed by atoms with van der Waals surface area (Å²) < 4.78 is 11.9. The number of ether oxygens (including phenoxy) is 2. The van der Waals surface area contributed by atoms with Crippen molar-refractivity contribution in [2.45, 2.75) is 59.0 Å². The minimum atomic E-state index is -0.00661. The van der Waals surface area contributed by atoms with E-state index in [4.69, 9.17) is 14.5 Å². The van der Waals surface area contributed by atoms with E-state index in [9.17, 15) is 0 Å². The Labute approximate surface area is 173 Å². The van der Waals surface area contributed by atoms with E-state index in [0.717, 1.165) is 48.7 Å². The first-order valence-electron chi connectivity index (χ1n) is 10.6. The number of para-hydroxylation sites is 2. The smallest absolute Gasteiger partial charge is 0.161 e. The van der Waals surface area contributed by atoms with Crippen LogP contribution in [0.15, 0.2) is 42.5 Å². The Morgan fingerprint density at radius 2 is 1.69 bits per heavy atom. The van der Waals surface area contributed by atoms with Gasteiger partial charge in [0.1, 0.15) is 18.5 Å². The molecule has 0 saturated carbocycles. The highest BCUT2D eigenvalue weighted by Gasteiger charge is 2.22. The predicted molar refractivity (Wildman–Crippen MR) is 116 cm³/mol. The highest BCUT2D eigenvalue weighted by molar-refractivity contribution is 5.40. The number of nitrogens with zero attached hydrogens (tertiary/aromatic N) is 1. The molecular formula is C25H30N2O2. The maximum Gasteiger partial charge on any atom is 0.161 e. The molecule has 1 aliphatic heterocycles. The molecule has 1 aliphatic rings. The molecule has 1 unspecified atom stereocenters. The zero-order valence-corrected chi connectivity index (χ0v) is 17.6. The van der Waals surface area contributed by atoms with E-state index >= 15 is 0 Å². The van der Waals surface area contributed by atoms with Gasteiger partial charge < -0.3 is 14.5 Å². The average Bonchev–Trinajstić information content (AvgIpc) is 3.03. The van der Waals surface area contributed by atoms with Crippen molar-refractivity contribution in [1.82, 2.24) is 9.97 Å². The molecule has 2 heterocycles. The summed E-state index contributed by atoms with van der Waals surface area (Å²) in [7, 11) is 0. The fourth-order valence-corrected chi connectivity index (χ4v) is 4.13. The molecule has 1 N–H and O–H groups in total. The van der Waals surface area contributed by atoms with Gasteiger partial charge in [0.05, 0.1) is 5.69 Å². The summed E-state index contributed by atoms with van der Waals surface area (Å²) in [6.45, 7) is 6.99. The van der Waals surface area contributed by atoms with Crippen molar-refractivity contribution >= 4 is 0 Å². The number of nitrogens with one attached hydrogen (secondary N) is 1. The monoisotopic (exact) mass is 390 g/mol. The van der Waals surface area contributed by atoms with Crippen LogP contribution in [-0.2, 0) is 19.3 Å². The third-order valence-electron chi connectivity index (χ3n) is 5.45. The largest absolute Gasteiger partial charge is 0.486 e. The Balaban J connectivity index is 1.28. The van der Waals surface area contributed by atoms with Gasteiger partial charge in [0.2, 0.25) is 0 Å². The lowest BCUT2D eigenvalue weighted by molar-refractivity contribution is 0.0900. The van der Waals surface area contributed by atoms with Crippen molar-refractivity contribution in [1.29, 1.82) is 0 Å². The van der Waals surface area contributed by atoms with E-state index in [2.05, 4.69) is 44.0 Å². The van der Waals surface area contributed by atoms with Gasteiger partial charge >= 0.3 is 0 Å². The van der Waals surface area contributed by atoms with Gasteiger partial charge in [-0.2, -0.15) is 0 Å². The number of aromatic nitrogens is 2. The average molecular weight is 391 g/mol. The van der Waals surface area contributed by atoms with Gasteiger partial charge in [0.15, 0.2) is 11.5 Å². The zero-order valence-electron chi connectivity index (χ0n) is 17.6. The number of fused-ring (bicyclic) bond motifs is 1. The second-order valence-corrected chi connectivity index (χ2v) is 8.15. The lowest BCUT2D eigenvalue weighted by Gasteiger charge is -2.25. The molecule has 0 radical (unpaired) electrons. The van der Waals surface area contributed by atoms with Crippen LogP contribution in [0.25, 0.3) is 0 Å². The summed E-state index contributed by atoms with van der Waals surface area (Å²) in [4.78, 5) is 8.25. The molecular weight excluding hydrogens is 360 g/mol. The maximum atomic E-state index is 6.07. The molecule has 0 fully saturated rings. The van der Waals surface area contributed by atoms with E-state index in [1.807, 2.05) is 24.3 Å². The molecule has 29 heavy (non-hydrogen) atoms. The fraction of sp³-hybridized carbons (Fsp3) is 0.400. The van der Waals surface area contributed by atoms with Gasteiger partial charge in [-0.3, -0.25) is 0 Å². The highest BCUT2D eigenvalue weighted by atomic mass is 16.6. The standard InChI is InChI=1S/C25H30N2O2/c1-17-12-18(2)14-20(13-17)8-4-5-9-22-19(3)26-25(27-22)15-21-16-28-23-10-6-7-11-24(23)29-21/h6-7,10-14,21H,4-5,8-9,15-16H2,1-3H3,(H,26,27). The minimum Gasteiger partial charge on any atom is -0.486 e. The number of rotatable bonds is 7. The lowest BCUT2D eigenvalue weighted by atomic mass is 10.0. The number of imidazole rings is 1. The quantitative estimate of drug-likeness (QED) is 0.558. The molecule has 1 aromatic heterocycles. The molecule has 2 aromatic carbocycles. The zero-order chi connectivity index (χ0) is 20.2. The van der Waals surface area contributed by atoms with Gasteiger partial charge in [0.25, 0.3) is 0 Å². The first-order valence-corrected chi connectivity index (χ1v) is 10.6. The summed E-state index contributed by atoms with van der Waals surface area (Å²) >= 11 is 0. The third-order valence-corrected chi connectivity index (χ3v) is 5.45. The fourth-order valence-electron chi connectivity index (χ4n) is 4.13. The van der Waals surface area contributed by atoms with Crippen LogP contribution in [0.3, 0.4) is 0 Å². The van der Waals surface area contributed by atoms with Crippen LogP contribution in [-0.4, -0.2) is 22.7 Å². The summed E-state index contributed by atoms with van der Waals surface area (Å²) in [6.07, 6.45) is 5.24. The molecule has 0 saturated heterocycles. The molecule has 0 bridgehead atoms. The van der Waals surface area contributed by atoms with E-state index in [1.54, 1.807) is 0 Å². The van der Waals surface area contributed by atoms with Gasteiger partial charge in [-0.05, 0) is 64.2 Å². The van der Waals surface area contributed by atoms with Crippen LogP contribution in [0.2, 0.25) is 0 Å². The topological polar surface area (TPSA) is 47.1 Å². The van der Waals surface area contributed by atoms with Crippen LogP contribution < -0.4 is 9.47 Å². The van der Waals surface area contributed by atoms with Crippen molar-refractivity contribution in [3.05, 3.63) is 76.4 Å². The Hall–Kier alpha value is -2.75. The van der Waals surface area contributed by atoms with E-state index < -0.39 is 0 Å². The molecule has 0 spiro atoms. The minimum absolute atomic E-state index is 0.00661. The number of hydrogen-bond acceptors (Lipinski definition) is 3. The Morgan fingerprint density at radius 3 is 2.48 bits per heavy atom. The van der Waals surface area contributed by atoms with Crippen molar-refractivity contribution in [2.24, 2.45) is 0 Å². The van der Waals surface area contributed by atoms with Crippen molar-refractivity contribution in [3.63, 3.8) is 0 Å². The summed E-state index contributed by atoms with van der Waals surface area (Å²) in [5, 5.41) is 0. The van der Waals surface area contributed by atoms with Crippen molar-refractivity contribution < 1.29 is 9.47 Å². The Morgan fingerprint density at radius 1 is 0.966 bits per heavy atom. The number of H-pyrrole nitrogens is 1. The second kappa shape index (κ2) is 8.73. The van der Waals surface area contributed by atoms with Crippen LogP contribution >= 0.6 is 0 Å². The Bertz CT molecular complexity index is 956.